The molecule has 4 heterocycles. The Morgan fingerprint density at radius 3 is 2.67 bits per heavy atom. The van der Waals surface area contributed by atoms with E-state index in [1.165, 1.54) is 6.07 Å². The van der Waals surface area contributed by atoms with Crippen LogP contribution < -0.4 is 5.32 Å². The van der Waals surface area contributed by atoms with Crippen molar-refractivity contribution >= 4 is 23.0 Å². The molecule has 1 saturated heterocycles. The standard InChI is InChI=1S/C24H19N5O3S/c30-29(31)19-9-2-1-7-17(19)20-10-11-21(32-20)23-22(18-8-3-4-13-26-18)27-24(33)28(23)15-16-6-5-12-25-14-16/h1-14,22-23H,15H2,(H,27,33). The summed E-state index contributed by atoms with van der Waals surface area (Å²) in [5.41, 5.74) is 2.24. The second kappa shape index (κ2) is 8.79. The Hall–Kier alpha value is -4.11. The number of hydrogen-bond donors (Lipinski definition) is 1. The first-order valence-electron chi connectivity index (χ1n) is 10.3. The van der Waals surface area contributed by atoms with Gasteiger partial charge in [0.25, 0.3) is 5.69 Å². The Morgan fingerprint density at radius 2 is 1.91 bits per heavy atom. The molecule has 0 amide bonds. The Labute approximate surface area is 195 Å². The quantitative estimate of drug-likeness (QED) is 0.250. The number of para-hydroxylation sites is 1. The average Bonchev–Trinajstić information content (AvgIpc) is 3.45. The Balaban J connectivity index is 1.56. The highest BCUT2D eigenvalue weighted by molar-refractivity contribution is 7.80. The summed E-state index contributed by atoms with van der Waals surface area (Å²) in [5.74, 6) is 1.06. The van der Waals surface area contributed by atoms with E-state index in [4.69, 9.17) is 16.6 Å². The summed E-state index contributed by atoms with van der Waals surface area (Å²) < 4.78 is 6.22. The van der Waals surface area contributed by atoms with Crippen LogP contribution in [0.3, 0.4) is 0 Å². The SMILES string of the molecule is O=[N+]([O-])c1ccccc1-c1ccc(C2C(c3ccccn3)NC(=S)N2Cc2cccnc2)o1. The Morgan fingerprint density at radius 1 is 1.06 bits per heavy atom. The number of nitro benzene ring substituents is 1. The van der Waals surface area contributed by atoms with Crippen molar-refractivity contribution in [2.24, 2.45) is 0 Å². The van der Waals surface area contributed by atoms with Crippen molar-refractivity contribution < 1.29 is 9.34 Å². The summed E-state index contributed by atoms with van der Waals surface area (Å²) in [6.45, 7) is 0.523. The van der Waals surface area contributed by atoms with Crippen molar-refractivity contribution in [1.29, 1.82) is 0 Å². The third-order valence-corrected chi connectivity index (χ3v) is 5.91. The zero-order chi connectivity index (χ0) is 22.8. The fraction of sp³-hybridized carbons (Fsp3) is 0.125. The predicted octanol–water partition coefficient (Wildman–Crippen LogP) is 4.82. The fourth-order valence-corrected chi connectivity index (χ4v) is 4.38. The van der Waals surface area contributed by atoms with Crippen molar-refractivity contribution in [2.45, 2.75) is 18.6 Å². The number of benzene rings is 1. The van der Waals surface area contributed by atoms with Crippen LogP contribution in [0.15, 0.2) is 89.7 Å². The van der Waals surface area contributed by atoms with Gasteiger partial charge in [0, 0.05) is 31.2 Å². The van der Waals surface area contributed by atoms with E-state index in [0.29, 0.717) is 28.7 Å². The molecule has 0 bridgehead atoms. The van der Waals surface area contributed by atoms with Gasteiger partial charge < -0.3 is 14.6 Å². The van der Waals surface area contributed by atoms with Gasteiger partial charge in [0.1, 0.15) is 17.6 Å². The first-order valence-corrected chi connectivity index (χ1v) is 10.7. The molecule has 5 rings (SSSR count). The van der Waals surface area contributed by atoms with Crippen molar-refractivity contribution in [1.82, 2.24) is 20.2 Å². The molecule has 164 valence electrons. The molecule has 1 aliphatic heterocycles. The maximum absolute atomic E-state index is 11.5. The highest BCUT2D eigenvalue weighted by atomic mass is 32.1. The summed E-state index contributed by atoms with van der Waals surface area (Å²) in [6, 6.07) is 19.2. The van der Waals surface area contributed by atoms with Crippen LogP contribution >= 0.6 is 12.2 Å². The molecule has 0 aliphatic carbocycles. The van der Waals surface area contributed by atoms with Crippen molar-refractivity contribution in [3.63, 3.8) is 0 Å². The van der Waals surface area contributed by atoms with E-state index in [1.54, 1.807) is 42.9 Å². The van der Waals surface area contributed by atoms with Gasteiger partial charge >= 0.3 is 0 Å². The number of nitrogens with one attached hydrogen (secondary N) is 1. The van der Waals surface area contributed by atoms with Crippen LogP contribution in [0.4, 0.5) is 5.69 Å². The van der Waals surface area contributed by atoms with Crippen molar-refractivity contribution in [3.8, 4) is 11.3 Å². The van der Waals surface area contributed by atoms with Crippen molar-refractivity contribution in [3.05, 3.63) is 112 Å². The third-order valence-electron chi connectivity index (χ3n) is 5.56. The van der Waals surface area contributed by atoms with E-state index in [0.717, 1.165) is 11.3 Å². The molecule has 2 unspecified atom stereocenters. The lowest BCUT2D eigenvalue weighted by atomic mass is 10.0. The number of pyridine rings is 2. The van der Waals surface area contributed by atoms with Crippen LogP contribution in [0.5, 0.6) is 0 Å². The van der Waals surface area contributed by atoms with E-state index < -0.39 is 4.92 Å². The molecular weight excluding hydrogens is 438 g/mol. The molecular formula is C24H19N5O3S. The molecule has 3 aromatic heterocycles. The highest BCUT2D eigenvalue weighted by Gasteiger charge is 2.41. The molecule has 0 saturated carbocycles. The monoisotopic (exact) mass is 457 g/mol. The highest BCUT2D eigenvalue weighted by Crippen LogP contribution is 2.42. The number of nitro groups is 1. The predicted molar refractivity (Wildman–Crippen MR) is 126 cm³/mol. The smallest absolute Gasteiger partial charge is 0.280 e. The van der Waals surface area contributed by atoms with Crippen LogP contribution in [0, 0.1) is 10.1 Å². The molecule has 0 spiro atoms. The van der Waals surface area contributed by atoms with Gasteiger partial charge in [-0.3, -0.25) is 20.1 Å². The van der Waals surface area contributed by atoms with Crippen LogP contribution in [0.2, 0.25) is 0 Å². The summed E-state index contributed by atoms with van der Waals surface area (Å²) in [5, 5.41) is 15.5. The second-order valence-electron chi connectivity index (χ2n) is 7.59. The molecule has 0 radical (unpaired) electrons. The Bertz CT molecular complexity index is 1300. The van der Waals surface area contributed by atoms with Gasteiger partial charge in [0.2, 0.25) is 0 Å². The lowest BCUT2D eigenvalue weighted by Gasteiger charge is -2.26. The van der Waals surface area contributed by atoms with E-state index in [-0.39, 0.29) is 17.8 Å². The fourth-order valence-electron chi connectivity index (χ4n) is 4.07. The molecule has 33 heavy (non-hydrogen) atoms. The maximum Gasteiger partial charge on any atom is 0.280 e. The summed E-state index contributed by atoms with van der Waals surface area (Å²) in [4.78, 5) is 21.9. The van der Waals surface area contributed by atoms with Gasteiger partial charge in [-0.15, -0.1) is 0 Å². The molecule has 9 heteroatoms. The van der Waals surface area contributed by atoms with Crippen molar-refractivity contribution in [2.75, 3.05) is 0 Å². The minimum atomic E-state index is -0.408. The molecule has 4 aromatic rings. The van der Waals surface area contributed by atoms with E-state index >= 15 is 0 Å². The first kappa shape index (κ1) is 20.8. The van der Waals surface area contributed by atoms with Crippen LogP contribution in [0.25, 0.3) is 11.3 Å². The molecule has 8 nitrogen and oxygen atoms in total. The maximum atomic E-state index is 11.5. The summed E-state index contributed by atoms with van der Waals surface area (Å²) in [6.07, 6.45) is 5.26. The first-order chi connectivity index (χ1) is 16.1. The van der Waals surface area contributed by atoms with Gasteiger partial charge in [-0.05, 0) is 54.2 Å². The van der Waals surface area contributed by atoms with Gasteiger partial charge in [-0.2, -0.15) is 0 Å². The normalized spacial score (nSPS) is 17.7. The largest absolute Gasteiger partial charge is 0.459 e. The average molecular weight is 458 g/mol. The number of aromatic nitrogens is 2. The number of furan rings is 1. The molecule has 2 atom stereocenters. The van der Waals surface area contributed by atoms with Gasteiger partial charge in [-0.1, -0.05) is 24.3 Å². The van der Waals surface area contributed by atoms with E-state index in [9.17, 15) is 10.1 Å². The van der Waals surface area contributed by atoms with E-state index in [2.05, 4.69) is 15.3 Å². The summed E-state index contributed by atoms with van der Waals surface area (Å²) >= 11 is 5.68. The second-order valence-corrected chi connectivity index (χ2v) is 7.98. The molecule has 1 fully saturated rings. The number of thiocarbonyl (C=S) groups is 1. The van der Waals surface area contributed by atoms with Gasteiger partial charge in [0.05, 0.1) is 22.2 Å². The van der Waals surface area contributed by atoms with E-state index in [1.807, 2.05) is 41.3 Å². The molecule has 1 N–H and O–H groups in total. The van der Waals surface area contributed by atoms with Gasteiger partial charge in [0.15, 0.2) is 5.11 Å². The van der Waals surface area contributed by atoms with Crippen LogP contribution in [0.1, 0.15) is 29.1 Å². The Kier molecular flexibility index (Phi) is 5.54. The lowest BCUT2D eigenvalue weighted by molar-refractivity contribution is -0.384. The topological polar surface area (TPSA) is 97.3 Å². The lowest BCUT2D eigenvalue weighted by Crippen LogP contribution is -2.29. The molecule has 1 aliphatic rings. The minimum Gasteiger partial charge on any atom is -0.459 e. The zero-order valence-corrected chi connectivity index (χ0v) is 18.2. The zero-order valence-electron chi connectivity index (χ0n) is 17.4. The molecule has 1 aromatic carbocycles. The van der Waals surface area contributed by atoms with Gasteiger partial charge in [-0.25, -0.2) is 0 Å². The third kappa shape index (κ3) is 4.06. The summed E-state index contributed by atoms with van der Waals surface area (Å²) in [7, 11) is 0. The minimum absolute atomic E-state index is 0.00744. The number of nitrogens with zero attached hydrogens (tertiary/aromatic N) is 4. The number of hydrogen-bond acceptors (Lipinski definition) is 6. The van der Waals surface area contributed by atoms with Crippen LogP contribution in [-0.2, 0) is 6.54 Å². The number of rotatable bonds is 6. The van der Waals surface area contributed by atoms with Crippen LogP contribution in [-0.4, -0.2) is 24.9 Å².